The van der Waals surface area contributed by atoms with E-state index in [4.69, 9.17) is 4.42 Å². The van der Waals surface area contributed by atoms with Crippen LogP contribution in [-0.4, -0.2) is 15.0 Å². The Balaban J connectivity index is 2.48. The van der Waals surface area contributed by atoms with Gasteiger partial charge in [0.1, 0.15) is 11.5 Å². The van der Waals surface area contributed by atoms with E-state index in [0.717, 1.165) is 17.1 Å². The van der Waals surface area contributed by atoms with Gasteiger partial charge in [0.2, 0.25) is 5.89 Å². The normalized spacial score (nSPS) is 10.5. The van der Waals surface area contributed by atoms with Crippen molar-refractivity contribution in [1.82, 2.24) is 15.0 Å². The Bertz CT molecular complexity index is 355. The van der Waals surface area contributed by atoms with Gasteiger partial charge in [-0.2, -0.15) is 0 Å². The van der Waals surface area contributed by atoms with E-state index in [-0.39, 0.29) is 0 Å². The van der Waals surface area contributed by atoms with Crippen molar-refractivity contribution < 1.29 is 4.42 Å². The minimum absolute atomic E-state index is 0.600. The van der Waals surface area contributed by atoms with Crippen LogP contribution in [0.15, 0.2) is 16.9 Å². The standard InChI is InChI=1S/C8H9N3O/c1-5-6(2)12-8(11-5)7-3-9-4-10-7/h3-4H,1-2H3,(H,9,10). The molecule has 62 valence electrons. The first-order chi connectivity index (χ1) is 5.77. The van der Waals surface area contributed by atoms with Gasteiger partial charge in [-0.05, 0) is 13.8 Å². The van der Waals surface area contributed by atoms with Crippen LogP contribution in [0.5, 0.6) is 0 Å². The van der Waals surface area contributed by atoms with Crippen molar-refractivity contribution in [3.05, 3.63) is 24.0 Å². The van der Waals surface area contributed by atoms with Gasteiger partial charge in [-0.25, -0.2) is 9.97 Å². The fourth-order valence-electron chi connectivity index (χ4n) is 0.961. The van der Waals surface area contributed by atoms with E-state index in [9.17, 15) is 0 Å². The third-order valence-corrected chi connectivity index (χ3v) is 1.76. The molecule has 0 aliphatic heterocycles. The zero-order valence-corrected chi connectivity index (χ0v) is 6.96. The van der Waals surface area contributed by atoms with Crippen LogP contribution in [-0.2, 0) is 0 Å². The molecule has 4 heteroatoms. The zero-order valence-electron chi connectivity index (χ0n) is 6.96. The summed E-state index contributed by atoms with van der Waals surface area (Å²) in [6.07, 6.45) is 3.29. The van der Waals surface area contributed by atoms with E-state index in [1.807, 2.05) is 13.8 Å². The van der Waals surface area contributed by atoms with Gasteiger partial charge in [0, 0.05) is 0 Å². The van der Waals surface area contributed by atoms with Crippen molar-refractivity contribution >= 4 is 0 Å². The molecule has 2 aromatic rings. The van der Waals surface area contributed by atoms with Crippen LogP contribution in [0.4, 0.5) is 0 Å². The quantitative estimate of drug-likeness (QED) is 0.695. The molecule has 0 spiro atoms. The van der Waals surface area contributed by atoms with Gasteiger partial charge in [0.15, 0.2) is 0 Å². The molecule has 0 saturated heterocycles. The summed E-state index contributed by atoms with van der Waals surface area (Å²) >= 11 is 0. The molecule has 2 aromatic heterocycles. The topological polar surface area (TPSA) is 54.7 Å². The molecule has 0 atom stereocenters. The maximum Gasteiger partial charge on any atom is 0.244 e. The van der Waals surface area contributed by atoms with Gasteiger partial charge < -0.3 is 9.40 Å². The van der Waals surface area contributed by atoms with Crippen LogP contribution in [0.1, 0.15) is 11.5 Å². The number of hydrogen-bond donors (Lipinski definition) is 1. The average Bonchev–Trinajstić information content (AvgIpc) is 2.61. The highest BCUT2D eigenvalue weighted by molar-refractivity contribution is 5.45. The maximum absolute atomic E-state index is 5.38. The Morgan fingerprint density at radius 3 is 2.75 bits per heavy atom. The van der Waals surface area contributed by atoms with Crippen LogP contribution in [0, 0.1) is 13.8 Å². The molecule has 0 unspecified atom stereocenters. The summed E-state index contributed by atoms with van der Waals surface area (Å²) in [5.41, 5.74) is 1.73. The predicted molar refractivity (Wildman–Crippen MR) is 43.6 cm³/mol. The molecule has 0 aliphatic rings. The van der Waals surface area contributed by atoms with Crippen molar-refractivity contribution in [2.24, 2.45) is 0 Å². The molecule has 2 heterocycles. The second-order valence-corrected chi connectivity index (χ2v) is 2.63. The van der Waals surface area contributed by atoms with E-state index in [1.165, 1.54) is 0 Å². The van der Waals surface area contributed by atoms with E-state index in [1.54, 1.807) is 12.5 Å². The SMILES string of the molecule is Cc1nc(-c2cnc[nH]2)oc1C. The summed E-state index contributed by atoms with van der Waals surface area (Å²) in [5, 5.41) is 0. The smallest absolute Gasteiger partial charge is 0.244 e. The minimum Gasteiger partial charge on any atom is -0.440 e. The number of imidazole rings is 1. The maximum atomic E-state index is 5.38. The minimum atomic E-state index is 0.600. The highest BCUT2D eigenvalue weighted by atomic mass is 16.4. The van der Waals surface area contributed by atoms with Crippen molar-refractivity contribution in [2.75, 3.05) is 0 Å². The third kappa shape index (κ3) is 1.01. The fourth-order valence-corrected chi connectivity index (χ4v) is 0.961. The molecule has 12 heavy (non-hydrogen) atoms. The second kappa shape index (κ2) is 2.48. The number of aryl methyl sites for hydroxylation is 2. The summed E-state index contributed by atoms with van der Waals surface area (Å²) in [7, 11) is 0. The molecule has 0 bridgehead atoms. The molecule has 4 nitrogen and oxygen atoms in total. The van der Waals surface area contributed by atoms with Crippen LogP contribution < -0.4 is 0 Å². The molecule has 0 amide bonds. The largest absolute Gasteiger partial charge is 0.440 e. The molecule has 0 fully saturated rings. The zero-order chi connectivity index (χ0) is 8.55. The van der Waals surface area contributed by atoms with E-state index in [2.05, 4.69) is 15.0 Å². The number of aromatic amines is 1. The van der Waals surface area contributed by atoms with E-state index in [0.29, 0.717) is 5.89 Å². The number of nitrogens with one attached hydrogen (secondary N) is 1. The van der Waals surface area contributed by atoms with Crippen LogP contribution in [0.25, 0.3) is 11.6 Å². The molecule has 0 aliphatic carbocycles. The van der Waals surface area contributed by atoms with Gasteiger partial charge in [-0.1, -0.05) is 0 Å². The highest BCUT2D eigenvalue weighted by Gasteiger charge is 2.07. The van der Waals surface area contributed by atoms with Crippen molar-refractivity contribution in [3.63, 3.8) is 0 Å². The number of nitrogens with zero attached hydrogens (tertiary/aromatic N) is 2. The molecule has 0 aromatic carbocycles. The Hall–Kier alpha value is -1.58. The van der Waals surface area contributed by atoms with Gasteiger partial charge in [-0.3, -0.25) is 0 Å². The van der Waals surface area contributed by atoms with Crippen LogP contribution in [0.2, 0.25) is 0 Å². The Labute approximate surface area is 69.7 Å². The lowest BCUT2D eigenvalue weighted by atomic mass is 10.4. The summed E-state index contributed by atoms with van der Waals surface area (Å²) in [4.78, 5) is 11.0. The molecular formula is C8H9N3O. The van der Waals surface area contributed by atoms with E-state index >= 15 is 0 Å². The first-order valence-corrected chi connectivity index (χ1v) is 3.70. The Morgan fingerprint density at radius 2 is 2.25 bits per heavy atom. The number of rotatable bonds is 1. The van der Waals surface area contributed by atoms with Gasteiger partial charge >= 0.3 is 0 Å². The molecular weight excluding hydrogens is 154 g/mol. The van der Waals surface area contributed by atoms with Crippen LogP contribution in [0.3, 0.4) is 0 Å². The Kier molecular flexibility index (Phi) is 1.46. The average molecular weight is 163 g/mol. The first-order valence-electron chi connectivity index (χ1n) is 3.70. The molecule has 0 radical (unpaired) electrons. The fraction of sp³-hybridized carbons (Fsp3) is 0.250. The first kappa shape index (κ1) is 7.09. The lowest BCUT2D eigenvalue weighted by Gasteiger charge is -1.84. The lowest BCUT2D eigenvalue weighted by molar-refractivity contribution is 0.539. The number of oxazole rings is 1. The van der Waals surface area contributed by atoms with E-state index < -0.39 is 0 Å². The summed E-state index contributed by atoms with van der Waals surface area (Å²) < 4.78 is 5.38. The lowest BCUT2D eigenvalue weighted by Crippen LogP contribution is -1.76. The number of H-pyrrole nitrogens is 1. The predicted octanol–water partition coefficient (Wildman–Crippen LogP) is 1.68. The second-order valence-electron chi connectivity index (χ2n) is 2.63. The molecule has 2 rings (SSSR count). The van der Waals surface area contributed by atoms with Crippen LogP contribution >= 0.6 is 0 Å². The van der Waals surface area contributed by atoms with Gasteiger partial charge in [0.05, 0.1) is 18.2 Å². The third-order valence-electron chi connectivity index (χ3n) is 1.76. The Morgan fingerprint density at radius 1 is 1.42 bits per heavy atom. The summed E-state index contributed by atoms with van der Waals surface area (Å²) in [5.74, 6) is 1.45. The number of aromatic nitrogens is 3. The number of hydrogen-bond acceptors (Lipinski definition) is 3. The van der Waals surface area contributed by atoms with Gasteiger partial charge in [-0.15, -0.1) is 0 Å². The van der Waals surface area contributed by atoms with Crippen molar-refractivity contribution in [3.8, 4) is 11.6 Å². The molecule has 0 saturated carbocycles. The summed E-state index contributed by atoms with van der Waals surface area (Å²) in [6.45, 7) is 3.81. The monoisotopic (exact) mass is 163 g/mol. The summed E-state index contributed by atoms with van der Waals surface area (Å²) in [6, 6.07) is 0. The van der Waals surface area contributed by atoms with Crippen molar-refractivity contribution in [1.29, 1.82) is 0 Å². The van der Waals surface area contributed by atoms with Gasteiger partial charge in [0.25, 0.3) is 0 Å². The molecule has 1 N–H and O–H groups in total. The highest BCUT2D eigenvalue weighted by Crippen LogP contribution is 2.17. The van der Waals surface area contributed by atoms with Crippen molar-refractivity contribution in [2.45, 2.75) is 13.8 Å².